The van der Waals surface area contributed by atoms with Crippen LogP contribution in [-0.2, 0) is 9.59 Å². The van der Waals surface area contributed by atoms with E-state index in [4.69, 9.17) is 9.47 Å². The predicted molar refractivity (Wildman–Crippen MR) is 104 cm³/mol. The van der Waals surface area contributed by atoms with Gasteiger partial charge in [0.2, 0.25) is 11.8 Å². The summed E-state index contributed by atoms with van der Waals surface area (Å²) in [4.78, 5) is 26.9. The Bertz CT molecular complexity index is 821. The summed E-state index contributed by atoms with van der Waals surface area (Å²) in [6.07, 6.45) is 0.170. The number of nitrogens with one attached hydrogen (secondary N) is 1. The molecule has 2 amide bonds. The van der Waals surface area contributed by atoms with Crippen LogP contribution in [0.15, 0.2) is 48.5 Å². The summed E-state index contributed by atoms with van der Waals surface area (Å²) in [6.45, 7) is 5.14. The average molecular weight is 368 g/mol. The number of para-hydroxylation sites is 4. The van der Waals surface area contributed by atoms with Crippen molar-refractivity contribution < 1.29 is 19.1 Å². The molecule has 1 saturated heterocycles. The fraction of sp³-hybridized carbons (Fsp3) is 0.333. The molecule has 1 N–H and O–H groups in total. The molecule has 1 aliphatic rings. The third-order valence-electron chi connectivity index (χ3n) is 4.40. The van der Waals surface area contributed by atoms with Crippen LogP contribution in [0.25, 0.3) is 0 Å². The molecular weight excluding hydrogens is 344 g/mol. The first-order valence-corrected chi connectivity index (χ1v) is 9.18. The Morgan fingerprint density at radius 1 is 1.04 bits per heavy atom. The SMILES string of the molecule is CCOc1ccccc1NC(=O)[C@H]1CC(=O)N(c2ccccc2OCC)C1. The Morgan fingerprint density at radius 2 is 1.67 bits per heavy atom. The molecule has 0 aromatic heterocycles. The molecule has 1 atom stereocenters. The molecule has 0 unspecified atom stereocenters. The van der Waals surface area contributed by atoms with Gasteiger partial charge in [0.15, 0.2) is 0 Å². The van der Waals surface area contributed by atoms with Gasteiger partial charge in [-0.1, -0.05) is 24.3 Å². The number of amides is 2. The Balaban J connectivity index is 1.73. The zero-order valence-corrected chi connectivity index (χ0v) is 15.6. The number of nitrogens with zero attached hydrogens (tertiary/aromatic N) is 1. The molecule has 27 heavy (non-hydrogen) atoms. The van der Waals surface area contributed by atoms with E-state index in [-0.39, 0.29) is 18.2 Å². The molecule has 0 saturated carbocycles. The van der Waals surface area contributed by atoms with Crippen LogP contribution in [0.5, 0.6) is 11.5 Å². The average Bonchev–Trinajstić information content (AvgIpc) is 3.06. The second-order valence-electron chi connectivity index (χ2n) is 6.22. The fourth-order valence-electron chi connectivity index (χ4n) is 3.16. The molecule has 2 aromatic carbocycles. The van der Waals surface area contributed by atoms with Crippen molar-refractivity contribution in [2.75, 3.05) is 30.0 Å². The van der Waals surface area contributed by atoms with Crippen molar-refractivity contribution in [2.24, 2.45) is 5.92 Å². The van der Waals surface area contributed by atoms with Crippen LogP contribution in [-0.4, -0.2) is 31.6 Å². The molecule has 6 nitrogen and oxygen atoms in total. The first-order chi connectivity index (χ1) is 13.1. The summed E-state index contributed by atoms with van der Waals surface area (Å²) in [7, 11) is 0. The summed E-state index contributed by atoms with van der Waals surface area (Å²) >= 11 is 0. The van der Waals surface area contributed by atoms with Crippen molar-refractivity contribution >= 4 is 23.2 Å². The topological polar surface area (TPSA) is 67.9 Å². The van der Waals surface area contributed by atoms with Crippen LogP contribution in [0.4, 0.5) is 11.4 Å². The molecule has 1 fully saturated rings. The van der Waals surface area contributed by atoms with Gasteiger partial charge in [-0.3, -0.25) is 9.59 Å². The van der Waals surface area contributed by atoms with Gasteiger partial charge >= 0.3 is 0 Å². The number of hydrogen-bond donors (Lipinski definition) is 1. The number of carbonyl (C=O) groups excluding carboxylic acids is 2. The van der Waals surface area contributed by atoms with E-state index in [2.05, 4.69) is 5.32 Å². The quantitative estimate of drug-likeness (QED) is 0.812. The maximum atomic E-state index is 12.7. The highest BCUT2D eigenvalue weighted by Gasteiger charge is 2.36. The highest BCUT2D eigenvalue weighted by Crippen LogP contribution is 2.34. The van der Waals surface area contributed by atoms with Gasteiger partial charge in [0, 0.05) is 13.0 Å². The van der Waals surface area contributed by atoms with Crippen molar-refractivity contribution in [3.63, 3.8) is 0 Å². The normalized spacial score (nSPS) is 16.3. The largest absolute Gasteiger partial charge is 0.492 e. The summed E-state index contributed by atoms with van der Waals surface area (Å²) in [5.74, 6) is 0.571. The number of anilines is 2. The lowest BCUT2D eigenvalue weighted by Crippen LogP contribution is -2.28. The highest BCUT2D eigenvalue weighted by molar-refractivity contribution is 6.04. The van der Waals surface area contributed by atoms with Crippen molar-refractivity contribution in [2.45, 2.75) is 20.3 Å². The minimum Gasteiger partial charge on any atom is -0.492 e. The van der Waals surface area contributed by atoms with E-state index in [1.807, 2.05) is 56.3 Å². The van der Waals surface area contributed by atoms with Crippen molar-refractivity contribution in [3.8, 4) is 11.5 Å². The van der Waals surface area contributed by atoms with Crippen LogP contribution in [0.3, 0.4) is 0 Å². The molecule has 6 heteroatoms. The van der Waals surface area contributed by atoms with Gasteiger partial charge in [-0.15, -0.1) is 0 Å². The zero-order chi connectivity index (χ0) is 19.2. The van der Waals surface area contributed by atoms with E-state index in [1.54, 1.807) is 11.0 Å². The Kier molecular flexibility index (Phi) is 5.96. The van der Waals surface area contributed by atoms with Crippen LogP contribution >= 0.6 is 0 Å². The van der Waals surface area contributed by atoms with Crippen LogP contribution in [0, 0.1) is 5.92 Å². The van der Waals surface area contributed by atoms with E-state index in [9.17, 15) is 9.59 Å². The van der Waals surface area contributed by atoms with Gasteiger partial charge < -0.3 is 19.7 Å². The third kappa shape index (κ3) is 4.22. The molecule has 0 radical (unpaired) electrons. The van der Waals surface area contributed by atoms with Gasteiger partial charge in [0.1, 0.15) is 11.5 Å². The van der Waals surface area contributed by atoms with Gasteiger partial charge in [0.05, 0.1) is 30.5 Å². The standard InChI is InChI=1S/C21H24N2O4/c1-3-26-18-11-7-5-9-16(18)22-21(25)15-13-20(24)23(14-15)17-10-6-8-12-19(17)27-4-2/h5-12,15H,3-4,13-14H2,1-2H3,(H,22,25)/t15-/m0/s1. The van der Waals surface area contributed by atoms with Crippen molar-refractivity contribution in [1.29, 1.82) is 0 Å². The van der Waals surface area contributed by atoms with Gasteiger partial charge in [-0.25, -0.2) is 0 Å². The second kappa shape index (κ2) is 8.58. The van der Waals surface area contributed by atoms with Gasteiger partial charge in [-0.2, -0.15) is 0 Å². The first-order valence-electron chi connectivity index (χ1n) is 9.18. The molecule has 3 rings (SSSR count). The summed E-state index contributed by atoms with van der Waals surface area (Å²) in [5, 5.41) is 2.90. The van der Waals surface area contributed by atoms with E-state index in [1.165, 1.54) is 0 Å². The zero-order valence-electron chi connectivity index (χ0n) is 15.6. The maximum Gasteiger partial charge on any atom is 0.229 e. The number of benzene rings is 2. The van der Waals surface area contributed by atoms with E-state index in [0.717, 1.165) is 0 Å². The Morgan fingerprint density at radius 3 is 2.41 bits per heavy atom. The van der Waals surface area contributed by atoms with Gasteiger partial charge in [0.25, 0.3) is 0 Å². The number of rotatable bonds is 7. The lowest BCUT2D eigenvalue weighted by molar-refractivity contribution is -0.122. The number of ether oxygens (including phenoxy) is 2. The minimum atomic E-state index is -0.429. The van der Waals surface area contributed by atoms with Crippen LogP contribution < -0.4 is 19.7 Å². The molecule has 0 aliphatic carbocycles. The Labute approximate surface area is 159 Å². The summed E-state index contributed by atoms with van der Waals surface area (Å²) in [6, 6.07) is 14.7. The Hall–Kier alpha value is -3.02. The van der Waals surface area contributed by atoms with E-state index >= 15 is 0 Å². The molecule has 1 heterocycles. The minimum absolute atomic E-state index is 0.0830. The van der Waals surface area contributed by atoms with E-state index in [0.29, 0.717) is 42.6 Å². The molecule has 0 bridgehead atoms. The lowest BCUT2D eigenvalue weighted by Gasteiger charge is -2.20. The smallest absolute Gasteiger partial charge is 0.229 e. The maximum absolute atomic E-state index is 12.7. The van der Waals surface area contributed by atoms with Crippen LogP contribution in [0.1, 0.15) is 20.3 Å². The summed E-state index contributed by atoms with van der Waals surface area (Å²) in [5.41, 5.74) is 1.32. The molecule has 142 valence electrons. The molecule has 2 aromatic rings. The third-order valence-corrected chi connectivity index (χ3v) is 4.40. The predicted octanol–water partition coefficient (Wildman–Crippen LogP) is 3.48. The monoisotopic (exact) mass is 368 g/mol. The number of carbonyl (C=O) groups is 2. The molecule has 0 spiro atoms. The van der Waals surface area contributed by atoms with Gasteiger partial charge in [-0.05, 0) is 38.1 Å². The fourth-order valence-corrected chi connectivity index (χ4v) is 3.16. The lowest BCUT2D eigenvalue weighted by atomic mass is 10.1. The first kappa shape index (κ1) is 18.8. The van der Waals surface area contributed by atoms with E-state index < -0.39 is 5.92 Å². The highest BCUT2D eigenvalue weighted by atomic mass is 16.5. The summed E-state index contributed by atoms with van der Waals surface area (Å²) < 4.78 is 11.2. The molecule has 1 aliphatic heterocycles. The number of hydrogen-bond acceptors (Lipinski definition) is 4. The second-order valence-corrected chi connectivity index (χ2v) is 6.22. The van der Waals surface area contributed by atoms with Crippen LogP contribution in [0.2, 0.25) is 0 Å². The molecular formula is C21H24N2O4. The van der Waals surface area contributed by atoms with Crippen molar-refractivity contribution in [1.82, 2.24) is 0 Å². The van der Waals surface area contributed by atoms with Crippen molar-refractivity contribution in [3.05, 3.63) is 48.5 Å².